The van der Waals surface area contributed by atoms with Crippen molar-refractivity contribution in [3.8, 4) is 0 Å². The molecule has 0 radical (unpaired) electrons. The fourth-order valence-corrected chi connectivity index (χ4v) is 2.59. The lowest BCUT2D eigenvalue weighted by atomic mass is 9.73. The standard InChI is InChI=1S/C12H23NO3/c1-10(14)16-11(2,3)8-12(9-13)4-6-15-7-5-12/h4-9,13H2,1-3H3. The number of carbonyl (C=O) groups excluding carboxylic acids is 1. The molecule has 1 rings (SSSR count). The summed E-state index contributed by atoms with van der Waals surface area (Å²) in [6.07, 6.45) is 2.71. The van der Waals surface area contributed by atoms with Crippen molar-refractivity contribution in [2.75, 3.05) is 19.8 Å². The Kier molecular flexibility index (Phi) is 4.33. The Morgan fingerprint density at radius 3 is 2.44 bits per heavy atom. The zero-order chi connectivity index (χ0) is 12.2. The van der Waals surface area contributed by atoms with Crippen LogP contribution in [0.5, 0.6) is 0 Å². The van der Waals surface area contributed by atoms with Crippen molar-refractivity contribution in [1.82, 2.24) is 0 Å². The summed E-state index contributed by atoms with van der Waals surface area (Å²) in [6.45, 7) is 7.48. The van der Waals surface area contributed by atoms with Gasteiger partial charge in [0.1, 0.15) is 5.60 Å². The normalized spacial score (nSPS) is 20.5. The summed E-state index contributed by atoms with van der Waals surface area (Å²) in [7, 11) is 0. The molecule has 0 aromatic rings. The molecule has 1 aliphatic heterocycles. The van der Waals surface area contributed by atoms with Crippen molar-refractivity contribution < 1.29 is 14.3 Å². The first-order chi connectivity index (χ1) is 7.39. The number of nitrogens with two attached hydrogens (primary N) is 1. The molecule has 0 bridgehead atoms. The van der Waals surface area contributed by atoms with Crippen molar-refractivity contribution in [2.24, 2.45) is 11.1 Å². The molecule has 16 heavy (non-hydrogen) atoms. The molecule has 0 amide bonds. The first-order valence-electron chi connectivity index (χ1n) is 5.87. The summed E-state index contributed by atoms with van der Waals surface area (Å²) in [5.74, 6) is -0.232. The van der Waals surface area contributed by atoms with Crippen molar-refractivity contribution >= 4 is 5.97 Å². The fourth-order valence-electron chi connectivity index (χ4n) is 2.59. The molecule has 2 N–H and O–H groups in total. The number of carbonyl (C=O) groups is 1. The van der Waals surface area contributed by atoms with Gasteiger partial charge < -0.3 is 15.2 Å². The Hall–Kier alpha value is -0.610. The highest BCUT2D eigenvalue weighted by Crippen LogP contribution is 2.38. The maximum Gasteiger partial charge on any atom is 0.303 e. The Bertz CT molecular complexity index is 245. The van der Waals surface area contributed by atoms with E-state index in [0.29, 0.717) is 6.54 Å². The van der Waals surface area contributed by atoms with Crippen LogP contribution in [0.1, 0.15) is 40.0 Å². The molecule has 94 valence electrons. The van der Waals surface area contributed by atoms with E-state index in [0.717, 1.165) is 32.5 Å². The van der Waals surface area contributed by atoms with Crippen LogP contribution in [0.15, 0.2) is 0 Å². The average molecular weight is 229 g/mol. The number of hydrogen-bond acceptors (Lipinski definition) is 4. The number of hydrogen-bond donors (Lipinski definition) is 1. The highest BCUT2D eigenvalue weighted by atomic mass is 16.6. The van der Waals surface area contributed by atoms with Crippen LogP contribution in [0.25, 0.3) is 0 Å². The van der Waals surface area contributed by atoms with E-state index in [9.17, 15) is 4.79 Å². The van der Waals surface area contributed by atoms with E-state index in [1.165, 1.54) is 6.92 Å². The summed E-state index contributed by atoms with van der Waals surface area (Å²) in [5, 5.41) is 0. The molecule has 1 heterocycles. The SMILES string of the molecule is CC(=O)OC(C)(C)CC1(CN)CCOCC1. The van der Waals surface area contributed by atoms with Gasteiger partial charge in [0.25, 0.3) is 0 Å². The van der Waals surface area contributed by atoms with Crippen LogP contribution in [0.2, 0.25) is 0 Å². The highest BCUT2D eigenvalue weighted by molar-refractivity contribution is 5.66. The maximum atomic E-state index is 11.0. The van der Waals surface area contributed by atoms with E-state index in [1.807, 2.05) is 13.8 Å². The van der Waals surface area contributed by atoms with Gasteiger partial charge in [-0.3, -0.25) is 4.79 Å². The molecule has 0 atom stereocenters. The molecule has 0 aliphatic carbocycles. The third-order valence-electron chi connectivity index (χ3n) is 3.21. The monoisotopic (exact) mass is 229 g/mol. The Balaban J connectivity index is 2.63. The van der Waals surface area contributed by atoms with Crippen molar-refractivity contribution in [1.29, 1.82) is 0 Å². The molecule has 0 aromatic carbocycles. The van der Waals surface area contributed by atoms with Gasteiger partial charge >= 0.3 is 5.97 Å². The predicted octanol–water partition coefficient (Wildman–Crippen LogP) is 1.47. The number of rotatable bonds is 4. The van der Waals surface area contributed by atoms with Crippen LogP contribution in [0.4, 0.5) is 0 Å². The zero-order valence-corrected chi connectivity index (χ0v) is 10.5. The second-order valence-electron chi connectivity index (χ2n) is 5.35. The fraction of sp³-hybridized carbons (Fsp3) is 0.917. The van der Waals surface area contributed by atoms with Gasteiger partial charge in [-0.1, -0.05) is 0 Å². The molecule has 0 aromatic heterocycles. The van der Waals surface area contributed by atoms with Crippen LogP contribution in [-0.4, -0.2) is 31.3 Å². The van der Waals surface area contributed by atoms with Crippen LogP contribution in [0.3, 0.4) is 0 Å². The van der Waals surface area contributed by atoms with Gasteiger partial charge in [-0.2, -0.15) is 0 Å². The number of ether oxygens (including phenoxy) is 2. The van der Waals surface area contributed by atoms with Crippen LogP contribution in [-0.2, 0) is 14.3 Å². The van der Waals surface area contributed by atoms with E-state index in [-0.39, 0.29) is 11.4 Å². The second-order valence-corrected chi connectivity index (χ2v) is 5.35. The summed E-state index contributed by atoms with van der Waals surface area (Å²) in [6, 6.07) is 0. The van der Waals surface area contributed by atoms with Gasteiger partial charge in [0.15, 0.2) is 0 Å². The minimum Gasteiger partial charge on any atom is -0.460 e. The maximum absolute atomic E-state index is 11.0. The van der Waals surface area contributed by atoms with Crippen LogP contribution in [0, 0.1) is 5.41 Å². The van der Waals surface area contributed by atoms with Crippen molar-refractivity contribution in [2.45, 2.75) is 45.6 Å². The minimum absolute atomic E-state index is 0.0667. The van der Waals surface area contributed by atoms with Crippen LogP contribution >= 0.6 is 0 Å². The summed E-state index contributed by atoms with van der Waals surface area (Å²) < 4.78 is 10.7. The Morgan fingerprint density at radius 1 is 1.44 bits per heavy atom. The van der Waals surface area contributed by atoms with E-state index >= 15 is 0 Å². The molecule has 4 heteroatoms. The van der Waals surface area contributed by atoms with Crippen molar-refractivity contribution in [3.63, 3.8) is 0 Å². The molecule has 0 spiro atoms. The highest BCUT2D eigenvalue weighted by Gasteiger charge is 2.38. The lowest BCUT2D eigenvalue weighted by Gasteiger charge is -2.41. The molecular weight excluding hydrogens is 206 g/mol. The first-order valence-corrected chi connectivity index (χ1v) is 5.87. The van der Waals surface area contributed by atoms with E-state index in [4.69, 9.17) is 15.2 Å². The molecular formula is C12H23NO3. The molecule has 0 unspecified atom stereocenters. The van der Waals surface area contributed by atoms with Gasteiger partial charge in [-0.05, 0) is 45.1 Å². The second kappa shape index (κ2) is 5.15. The van der Waals surface area contributed by atoms with E-state index in [2.05, 4.69) is 0 Å². The third kappa shape index (κ3) is 3.76. The lowest BCUT2D eigenvalue weighted by Crippen LogP contribution is -2.43. The largest absolute Gasteiger partial charge is 0.460 e. The molecule has 0 saturated carbocycles. The summed E-state index contributed by atoms with van der Waals surface area (Å²) in [4.78, 5) is 11.0. The lowest BCUT2D eigenvalue weighted by molar-refractivity contribution is -0.158. The zero-order valence-electron chi connectivity index (χ0n) is 10.5. The van der Waals surface area contributed by atoms with Gasteiger partial charge in [-0.15, -0.1) is 0 Å². The van der Waals surface area contributed by atoms with Gasteiger partial charge in [0.2, 0.25) is 0 Å². The summed E-state index contributed by atoms with van der Waals surface area (Å²) in [5.41, 5.74) is 5.50. The predicted molar refractivity (Wildman–Crippen MR) is 62.0 cm³/mol. The minimum atomic E-state index is -0.442. The van der Waals surface area contributed by atoms with Crippen LogP contribution < -0.4 is 5.73 Å². The Morgan fingerprint density at radius 2 is 2.00 bits per heavy atom. The average Bonchev–Trinajstić information content (AvgIpc) is 2.16. The third-order valence-corrected chi connectivity index (χ3v) is 3.21. The van der Waals surface area contributed by atoms with Gasteiger partial charge in [0, 0.05) is 20.1 Å². The van der Waals surface area contributed by atoms with Gasteiger partial charge in [-0.25, -0.2) is 0 Å². The van der Waals surface area contributed by atoms with E-state index < -0.39 is 5.60 Å². The molecule has 1 saturated heterocycles. The van der Waals surface area contributed by atoms with Gasteiger partial charge in [0.05, 0.1) is 0 Å². The quantitative estimate of drug-likeness (QED) is 0.742. The van der Waals surface area contributed by atoms with E-state index in [1.54, 1.807) is 0 Å². The number of esters is 1. The molecule has 1 aliphatic rings. The first kappa shape index (κ1) is 13.5. The van der Waals surface area contributed by atoms with Crippen molar-refractivity contribution in [3.05, 3.63) is 0 Å². The smallest absolute Gasteiger partial charge is 0.303 e. The molecule has 4 nitrogen and oxygen atoms in total. The summed E-state index contributed by atoms with van der Waals surface area (Å²) >= 11 is 0. The topological polar surface area (TPSA) is 61.5 Å². The Labute approximate surface area is 97.5 Å². The molecule has 1 fully saturated rings.